The molecule has 6 rings (SSSR count). The molecule has 2 fully saturated rings. The first-order chi connectivity index (χ1) is 17.0. The number of carbonyl (C=O) groups is 3. The van der Waals surface area contributed by atoms with Gasteiger partial charge in [-0.05, 0) is 61.1 Å². The fourth-order valence-corrected chi connectivity index (χ4v) is 6.07. The first-order valence-corrected chi connectivity index (χ1v) is 12.2. The van der Waals surface area contributed by atoms with Gasteiger partial charge in [-0.1, -0.05) is 61.5 Å². The molecule has 0 aliphatic carbocycles. The molecule has 1 spiro atoms. The third-order valence-electron chi connectivity index (χ3n) is 7.78. The summed E-state index contributed by atoms with van der Waals surface area (Å²) in [5.74, 6) is -0.485. The Labute approximate surface area is 204 Å². The Hall–Kier alpha value is -3.93. The summed E-state index contributed by atoms with van der Waals surface area (Å²) in [5.41, 5.74) is 1.61. The normalized spacial score (nSPS) is 23.3. The van der Waals surface area contributed by atoms with Crippen LogP contribution >= 0.6 is 0 Å². The summed E-state index contributed by atoms with van der Waals surface area (Å²) in [6.07, 6.45) is 1.98. The number of piperidine rings is 1. The lowest BCUT2D eigenvalue weighted by Gasteiger charge is -2.56. The van der Waals surface area contributed by atoms with Crippen LogP contribution in [0.15, 0.2) is 84.9 Å². The molecule has 6 nitrogen and oxygen atoms in total. The Balaban J connectivity index is 1.59. The zero-order valence-corrected chi connectivity index (χ0v) is 19.6. The molecule has 4 amide bonds. The van der Waals surface area contributed by atoms with Gasteiger partial charge in [0.05, 0.1) is 17.4 Å². The van der Waals surface area contributed by atoms with E-state index in [0.717, 1.165) is 24.2 Å². The summed E-state index contributed by atoms with van der Waals surface area (Å²) in [6, 6.07) is 25.0. The minimum atomic E-state index is -1.40. The summed E-state index contributed by atoms with van der Waals surface area (Å²) in [5, 5.41) is 0. The maximum absolute atomic E-state index is 14.5. The van der Waals surface area contributed by atoms with E-state index < -0.39 is 23.3 Å². The molecular formula is C29H27N3O3. The van der Waals surface area contributed by atoms with Crippen LogP contribution < -0.4 is 14.7 Å². The number of amides is 4. The highest BCUT2D eigenvalue weighted by Gasteiger charge is 2.65. The molecule has 0 N–H and O–H groups in total. The van der Waals surface area contributed by atoms with E-state index in [-0.39, 0.29) is 12.5 Å². The molecule has 0 unspecified atom stereocenters. The van der Waals surface area contributed by atoms with E-state index in [1.54, 1.807) is 48.5 Å². The van der Waals surface area contributed by atoms with Crippen LogP contribution in [0.1, 0.15) is 25.3 Å². The molecule has 0 radical (unpaired) electrons. The van der Waals surface area contributed by atoms with Crippen LogP contribution in [0.3, 0.4) is 0 Å². The van der Waals surface area contributed by atoms with Crippen molar-refractivity contribution < 1.29 is 14.4 Å². The second kappa shape index (κ2) is 8.08. The largest absolute Gasteiger partial charge is 0.367 e. The van der Waals surface area contributed by atoms with Crippen molar-refractivity contribution in [2.24, 2.45) is 11.3 Å². The van der Waals surface area contributed by atoms with Crippen molar-refractivity contribution in [2.75, 3.05) is 21.2 Å². The highest BCUT2D eigenvalue weighted by atomic mass is 16.2. The van der Waals surface area contributed by atoms with Crippen molar-refractivity contribution in [2.45, 2.75) is 32.2 Å². The molecule has 2 atom stereocenters. The predicted octanol–water partition coefficient (Wildman–Crippen LogP) is 5.03. The fraction of sp³-hybridized carbons (Fsp3) is 0.276. The number of carbonyl (C=O) groups excluding carboxylic acids is 3. The maximum Gasteiger partial charge on any atom is 0.342 e. The van der Waals surface area contributed by atoms with Gasteiger partial charge in [-0.15, -0.1) is 0 Å². The minimum absolute atomic E-state index is 0.272. The monoisotopic (exact) mass is 465 g/mol. The van der Waals surface area contributed by atoms with Crippen LogP contribution in [0.2, 0.25) is 0 Å². The van der Waals surface area contributed by atoms with E-state index in [9.17, 15) is 14.4 Å². The van der Waals surface area contributed by atoms with Crippen molar-refractivity contribution in [1.82, 2.24) is 0 Å². The Kier molecular flexibility index (Phi) is 4.99. The van der Waals surface area contributed by atoms with Crippen LogP contribution in [0.4, 0.5) is 21.9 Å². The molecule has 3 aromatic rings. The first kappa shape index (κ1) is 21.6. The lowest BCUT2D eigenvalue weighted by atomic mass is 9.64. The number of fused-ring (bicyclic) bond motifs is 4. The maximum atomic E-state index is 14.5. The molecule has 2 saturated heterocycles. The highest BCUT2D eigenvalue weighted by Crippen LogP contribution is 2.50. The van der Waals surface area contributed by atoms with Gasteiger partial charge < -0.3 is 4.90 Å². The Morgan fingerprint density at radius 3 is 1.89 bits per heavy atom. The van der Waals surface area contributed by atoms with Gasteiger partial charge in [0, 0.05) is 12.2 Å². The Bertz CT molecular complexity index is 1250. The number of hydrogen-bond acceptors (Lipinski definition) is 4. The van der Waals surface area contributed by atoms with Gasteiger partial charge >= 0.3 is 6.03 Å². The summed E-state index contributed by atoms with van der Waals surface area (Å²) in [6.45, 7) is 2.95. The summed E-state index contributed by atoms with van der Waals surface area (Å²) in [7, 11) is 0. The molecular weight excluding hydrogens is 438 g/mol. The smallest absolute Gasteiger partial charge is 0.342 e. The van der Waals surface area contributed by atoms with Gasteiger partial charge in [0.1, 0.15) is 0 Å². The van der Waals surface area contributed by atoms with Gasteiger partial charge in [0.2, 0.25) is 0 Å². The molecule has 0 bridgehead atoms. The topological polar surface area (TPSA) is 60.9 Å². The quantitative estimate of drug-likeness (QED) is 0.498. The average Bonchev–Trinajstić information content (AvgIpc) is 2.89. The molecule has 0 aromatic heterocycles. The van der Waals surface area contributed by atoms with Gasteiger partial charge in [0.15, 0.2) is 5.41 Å². The molecule has 35 heavy (non-hydrogen) atoms. The van der Waals surface area contributed by atoms with Crippen LogP contribution in [-0.4, -0.2) is 30.4 Å². The van der Waals surface area contributed by atoms with E-state index in [2.05, 4.69) is 17.9 Å². The van der Waals surface area contributed by atoms with E-state index in [1.165, 1.54) is 9.80 Å². The van der Waals surface area contributed by atoms with E-state index in [4.69, 9.17) is 0 Å². The number of hydrogen-bond donors (Lipinski definition) is 0. The second-order valence-electron chi connectivity index (χ2n) is 9.85. The van der Waals surface area contributed by atoms with Crippen LogP contribution in [0.25, 0.3) is 0 Å². The number of barbiturate groups is 1. The molecule has 3 aromatic carbocycles. The lowest BCUT2D eigenvalue weighted by Crippen LogP contribution is -2.74. The third-order valence-corrected chi connectivity index (χ3v) is 7.78. The Morgan fingerprint density at radius 1 is 0.743 bits per heavy atom. The number of nitrogens with zero attached hydrogens (tertiary/aromatic N) is 3. The number of para-hydroxylation sites is 3. The summed E-state index contributed by atoms with van der Waals surface area (Å²) < 4.78 is 0. The third kappa shape index (κ3) is 3.13. The van der Waals surface area contributed by atoms with Crippen LogP contribution in [0.5, 0.6) is 0 Å². The molecule has 3 heterocycles. The van der Waals surface area contributed by atoms with E-state index in [1.807, 2.05) is 30.3 Å². The number of benzene rings is 3. The zero-order valence-electron chi connectivity index (χ0n) is 19.6. The van der Waals surface area contributed by atoms with Crippen molar-refractivity contribution >= 4 is 34.9 Å². The number of imide groups is 2. The second-order valence-corrected chi connectivity index (χ2v) is 9.85. The summed E-state index contributed by atoms with van der Waals surface area (Å²) >= 11 is 0. The van der Waals surface area contributed by atoms with Gasteiger partial charge in [-0.3, -0.25) is 9.59 Å². The fourth-order valence-electron chi connectivity index (χ4n) is 6.07. The summed E-state index contributed by atoms with van der Waals surface area (Å²) in [4.78, 5) is 47.5. The SMILES string of the molecule is C[C@H]1CCN2c3ccccc3CC3(C(=O)N(c4ccccc4)C(=O)N(c4ccccc4)C3=O)[C@H]2C1. The zero-order chi connectivity index (χ0) is 24.2. The van der Waals surface area contributed by atoms with Gasteiger partial charge in [-0.2, -0.15) is 0 Å². The molecule has 3 aliphatic rings. The standard InChI is InChI=1S/C29H27N3O3/c1-20-16-17-30-24-15-9-8-10-21(24)19-29(25(30)18-20)26(33)31(22-11-4-2-5-12-22)28(35)32(27(29)34)23-13-6-3-7-14-23/h2-15,20,25H,16-19H2,1H3/t20-,25+/m0/s1. The minimum Gasteiger partial charge on any atom is -0.367 e. The molecule has 3 aliphatic heterocycles. The van der Waals surface area contributed by atoms with E-state index >= 15 is 0 Å². The first-order valence-electron chi connectivity index (χ1n) is 12.2. The molecule has 6 heteroatoms. The van der Waals surface area contributed by atoms with Crippen LogP contribution in [-0.2, 0) is 16.0 Å². The molecule has 0 saturated carbocycles. The number of anilines is 3. The van der Waals surface area contributed by atoms with Gasteiger partial charge in [0.25, 0.3) is 11.8 Å². The van der Waals surface area contributed by atoms with Crippen molar-refractivity contribution in [1.29, 1.82) is 0 Å². The van der Waals surface area contributed by atoms with Crippen LogP contribution in [0, 0.1) is 11.3 Å². The Morgan fingerprint density at radius 2 is 1.29 bits per heavy atom. The highest BCUT2D eigenvalue weighted by molar-refractivity contribution is 6.39. The van der Waals surface area contributed by atoms with Gasteiger partial charge in [-0.25, -0.2) is 14.6 Å². The lowest BCUT2D eigenvalue weighted by molar-refractivity contribution is -0.143. The number of rotatable bonds is 2. The van der Waals surface area contributed by atoms with E-state index in [0.29, 0.717) is 23.7 Å². The van der Waals surface area contributed by atoms with Crippen molar-refractivity contribution in [3.63, 3.8) is 0 Å². The average molecular weight is 466 g/mol. The molecule has 176 valence electrons. The van der Waals surface area contributed by atoms with Crippen molar-refractivity contribution in [3.05, 3.63) is 90.5 Å². The van der Waals surface area contributed by atoms with Crippen molar-refractivity contribution in [3.8, 4) is 0 Å². The number of urea groups is 1. The predicted molar refractivity (Wildman–Crippen MR) is 135 cm³/mol.